The van der Waals surface area contributed by atoms with Gasteiger partial charge in [-0.05, 0) is 12.1 Å². The number of thiol groups is 1. The summed E-state index contributed by atoms with van der Waals surface area (Å²) in [6, 6.07) is 6.88. The summed E-state index contributed by atoms with van der Waals surface area (Å²) in [6.45, 7) is 0. The summed E-state index contributed by atoms with van der Waals surface area (Å²) in [4.78, 5) is 3.93. The summed E-state index contributed by atoms with van der Waals surface area (Å²) in [7, 11) is -2.87. The average molecular weight is 209 g/mol. The van der Waals surface area contributed by atoms with E-state index in [-0.39, 0.29) is 0 Å². The van der Waals surface area contributed by atoms with Crippen LogP contribution in [0.3, 0.4) is 0 Å². The Bertz CT molecular complexity index is 523. The first-order valence-electron chi connectivity index (χ1n) is 3.92. The maximum Gasteiger partial charge on any atom is 0.299 e. The van der Waals surface area contributed by atoms with Gasteiger partial charge in [-0.2, -0.15) is 8.42 Å². The van der Waals surface area contributed by atoms with Crippen LogP contribution >= 0.6 is 0 Å². The highest BCUT2D eigenvalue weighted by Gasteiger charge is 2.01. The first kappa shape index (κ1) is 8.96. The minimum absolute atomic E-state index is 0.334. The number of benzene rings is 1. The number of hydrogen-bond donors (Lipinski definition) is 1. The Labute approximate surface area is 82.3 Å². The SMILES string of the molecule is O=[SH](=O)Oc1cccc2cnccc12. The number of rotatable bonds is 2. The van der Waals surface area contributed by atoms with Gasteiger partial charge in [0.1, 0.15) is 5.75 Å². The summed E-state index contributed by atoms with van der Waals surface area (Å²) < 4.78 is 25.5. The molecule has 0 amide bonds. The van der Waals surface area contributed by atoms with Crippen LogP contribution < -0.4 is 4.18 Å². The zero-order chi connectivity index (χ0) is 9.97. The van der Waals surface area contributed by atoms with Crippen molar-refractivity contribution < 1.29 is 12.6 Å². The molecule has 2 rings (SSSR count). The second kappa shape index (κ2) is 3.63. The molecule has 0 fully saturated rings. The first-order chi connectivity index (χ1) is 6.77. The lowest BCUT2D eigenvalue weighted by Crippen LogP contribution is -1.90. The van der Waals surface area contributed by atoms with E-state index >= 15 is 0 Å². The maximum absolute atomic E-state index is 10.4. The highest BCUT2D eigenvalue weighted by Crippen LogP contribution is 2.24. The second-order valence-corrected chi connectivity index (χ2v) is 3.30. The quantitative estimate of drug-likeness (QED) is 0.753. The molecule has 0 saturated carbocycles. The van der Waals surface area contributed by atoms with Crippen molar-refractivity contribution in [3.63, 3.8) is 0 Å². The van der Waals surface area contributed by atoms with Gasteiger partial charge in [0.25, 0.3) is 11.0 Å². The lowest BCUT2D eigenvalue weighted by Gasteiger charge is -2.01. The fourth-order valence-electron chi connectivity index (χ4n) is 1.25. The van der Waals surface area contributed by atoms with Gasteiger partial charge in [-0.3, -0.25) is 4.98 Å². The third-order valence-electron chi connectivity index (χ3n) is 1.81. The standard InChI is InChI=1S/C9H7NO3S/c11-14(12)13-9-3-1-2-7-6-10-5-4-8(7)9/h1-6,14H. The highest BCUT2D eigenvalue weighted by atomic mass is 32.2. The molecule has 0 saturated heterocycles. The van der Waals surface area contributed by atoms with Crippen LogP contribution in [0.4, 0.5) is 0 Å². The molecule has 0 unspecified atom stereocenters. The topological polar surface area (TPSA) is 56.3 Å². The van der Waals surface area contributed by atoms with Gasteiger partial charge < -0.3 is 4.18 Å². The molecule has 2 aromatic rings. The molecule has 0 aliphatic rings. The van der Waals surface area contributed by atoms with E-state index in [1.165, 1.54) is 0 Å². The summed E-state index contributed by atoms with van der Waals surface area (Å²) in [6.07, 6.45) is 3.24. The van der Waals surface area contributed by atoms with Gasteiger partial charge in [0, 0.05) is 23.2 Å². The van der Waals surface area contributed by atoms with E-state index in [1.54, 1.807) is 30.6 Å². The third kappa shape index (κ3) is 1.67. The van der Waals surface area contributed by atoms with Gasteiger partial charge in [-0.25, -0.2) is 0 Å². The molecule has 0 spiro atoms. The molecular formula is C9H7NO3S. The lowest BCUT2D eigenvalue weighted by atomic mass is 10.2. The van der Waals surface area contributed by atoms with Crippen molar-refractivity contribution in [1.29, 1.82) is 0 Å². The first-order valence-corrected chi connectivity index (χ1v) is 5.02. The normalized spacial score (nSPS) is 10.6. The van der Waals surface area contributed by atoms with E-state index in [0.29, 0.717) is 5.75 Å². The van der Waals surface area contributed by atoms with Crippen LogP contribution in [0.15, 0.2) is 36.7 Å². The average Bonchev–Trinajstić information content (AvgIpc) is 2.18. The van der Waals surface area contributed by atoms with Gasteiger partial charge in [0.15, 0.2) is 0 Å². The van der Waals surface area contributed by atoms with Crippen molar-refractivity contribution in [3.8, 4) is 5.75 Å². The van der Waals surface area contributed by atoms with E-state index in [0.717, 1.165) is 10.8 Å². The fraction of sp³-hybridized carbons (Fsp3) is 0. The van der Waals surface area contributed by atoms with Crippen molar-refractivity contribution in [2.45, 2.75) is 0 Å². The summed E-state index contributed by atoms with van der Waals surface area (Å²) in [5.74, 6) is 0.334. The number of nitrogens with zero attached hydrogens (tertiary/aromatic N) is 1. The van der Waals surface area contributed by atoms with Gasteiger partial charge in [-0.1, -0.05) is 12.1 Å². The number of fused-ring (bicyclic) bond motifs is 1. The zero-order valence-corrected chi connectivity index (χ0v) is 7.98. The maximum atomic E-state index is 10.4. The van der Waals surface area contributed by atoms with E-state index in [2.05, 4.69) is 9.17 Å². The molecule has 1 aromatic heterocycles. The molecule has 0 N–H and O–H groups in total. The molecule has 1 aromatic carbocycles. The Morgan fingerprint density at radius 2 is 2.07 bits per heavy atom. The molecule has 5 heteroatoms. The molecule has 14 heavy (non-hydrogen) atoms. The van der Waals surface area contributed by atoms with E-state index in [4.69, 9.17) is 0 Å². The highest BCUT2D eigenvalue weighted by molar-refractivity contribution is 7.67. The zero-order valence-electron chi connectivity index (χ0n) is 7.08. The van der Waals surface area contributed by atoms with Crippen LogP contribution in [0.2, 0.25) is 0 Å². The molecule has 4 nitrogen and oxygen atoms in total. The predicted molar refractivity (Wildman–Crippen MR) is 52.7 cm³/mol. The number of hydrogen-bond acceptors (Lipinski definition) is 4. The smallest absolute Gasteiger partial charge is 0.299 e. The van der Waals surface area contributed by atoms with Crippen LogP contribution in [0, 0.1) is 0 Å². The minimum Gasteiger partial charge on any atom is -0.384 e. The van der Waals surface area contributed by atoms with Crippen molar-refractivity contribution >= 4 is 21.8 Å². The van der Waals surface area contributed by atoms with Crippen LogP contribution in [-0.2, 0) is 11.0 Å². The molecule has 1 heterocycles. The van der Waals surface area contributed by atoms with Crippen LogP contribution in [0.25, 0.3) is 10.8 Å². The van der Waals surface area contributed by atoms with Gasteiger partial charge >= 0.3 is 0 Å². The lowest BCUT2D eigenvalue weighted by molar-refractivity contribution is 0.513. The van der Waals surface area contributed by atoms with Crippen molar-refractivity contribution in [1.82, 2.24) is 4.98 Å². The van der Waals surface area contributed by atoms with Crippen molar-refractivity contribution in [2.75, 3.05) is 0 Å². The summed E-state index contributed by atoms with van der Waals surface area (Å²) >= 11 is 0. The Balaban J connectivity index is 2.64. The van der Waals surface area contributed by atoms with Crippen molar-refractivity contribution in [2.24, 2.45) is 0 Å². The fourth-order valence-corrected chi connectivity index (χ4v) is 1.57. The van der Waals surface area contributed by atoms with Gasteiger partial charge in [0.05, 0.1) is 0 Å². The molecule has 0 radical (unpaired) electrons. The molecule has 0 aliphatic heterocycles. The van der Waals surface area contributed by atoms with E-state index in [9.17, 15) is 8.42 Å². The molecular weight excluding hydrogens is 202 g/mol. The Hall–Kier alpha value is -1.62. The van der Waals surface area contributed by atoms with Crippen molar-refractivity contribution in [3.05, 3.63) is 36.7 Å². The van der Waals surface area contributed by atoms with Crippen LogP contribution in [0.5, 0.6) is 5.75 Å². The molecule has 0 atom stereocenters. The Morgan fingerprint density at radius 3 is 2.86 bits per heavy atom. The summed E-state index contributed by atoms with van der Waals surface area (Å²) in [5, 5.41) is 1.59. The van der Waals surface area contributed by atoms with Crippen LogP contribution in [0.1, 0.15) is 0 Å². The van der Waals surface area contributed by atoms with Gasteiger partial charge in [0.2, 0.25) is 0 Å². The number of pyridine rings is 1. The number of aromatic nitrogens is 1. The summed E-state index contributed by atoms with van der Waals surface area (Å²) in [5.41, 5.74) is 0. The minimum atomic E-state index is -2.87. The monoisotopic (exact) mass is 209 g/mol. The van der Waals surface area contributed by atoms with E-state index in [1.807, 2.05) is 6.07 Å². The largest absolute Gasteiger partial charge is 0.384 e. The van der Waals surface area contributed by atoms with Crippen LogP contribution in [-0.4, -0.2) is 13.4 Å². The predicted octanol–water partition coefficient (Wildman–Crippen LogP) is 1.14. The molecule has 0 aliphatic carbocycles. The second-order valence-electron chi connectivity index (χ2n) is 2.67. The molecule has 72 valence electrons. The van der Waals surface area contributed by atoms with E-state index < -0.39 is 11.0 Å². The Kier molecular flexibility index (Phi) is 2.32. The molecule has 0 bridgehead atoms. The third-order valence-corrected chi connectivity index (χ3v) is 2.16. The van der Waals surface area contributed by atoms with Gasteiger partial charge in [-0.15, -0.1) is 0 Å². The Morgan fingerprint density at radius 1 is 1.21 bits per heavy atom.